The monoisotopic (exact) mass is 698 g/mol. The molecule has 1 aliphatic rings. The maximum atomic E-state index is 13.2. The lowest BCUT2D eigenvalue weighted by atomic mass is 10.0. The Morgan fingerprint density at radius 1 is 0.673 bits per heavy atom. The second kappa shape index (κ2) is 17.8. The van der Waals surface area contributed by atoms with E-state index in [4.69, 9.17) is 9.47 Å². The summed E-state index contributed by atoms with van der Waals surface area (Å²) in [7, 11) is 0. The number of aromatic nitrogens is 2. The first kappa shape index (κ1) is 37.4. The van der Waals surface area contributed by atoms with E-state index in [0.717, 1.165) is 17.0 Å². The fourth-order valence-electron chi connectivity index (χ4n) is 3.83. The molecule has 1 fully saturated rings. The van der Waals surface area contributed by atoms with Gasteiger partial charge in [-0.25, -0.2) is 9.78 Å². The molecule has 21 heteroatoms. The Hall–Kier alpha value is -6.02. The van der Waals surface area contributed by atoms with Crippen LogP contribution >= 0.6 is 0 Å². The molecule has 0 aliphatic carbocycles. The summed E-state index contributed by atoms with van der Waals surface area (Å²) in [5.41, 5.74) is 0.845. The molecule has 1 atom stereocenters. The van der Waals surface area contributed by atoms with E-state index in [1.165, 1.54) is 24.3 Å². The molecule has 2 aromatic rings. The largest absolute Gasteiger partial charge is 0.454 e. The lowest BCUT2D eigenvalue weighted by molar-refractivity contribution is -0.154. The Balaban J connectivity index is 1.68. The van der Waals surface area contributed by atoms with Crippen LogP contribution in [0.5, 0.6) is 0 Å². The van der Waals surface area contributed by atoms with Gasteiger partial charge in [0.15, 0.2) is 26.4 Å². The van der Waals surface area contributed by atoms with Gasteiger partial charge in [-0.2, -0.15) is 13.2 Å². The van der Waals surface area contributed by atoms with Gasteiger partial charge in [0.1, 0.15) is 25.7 Å². The summed E-state index contributed by atoms with van der Waals surface area (Å²) in [6.45, 7) is -5.83. The van der Waals surface area contributed by atoms with Crippen LogP contribution in [0.4, 0.5) is 13.2 Å². The molecule has 264 valence electrons. The van der Waals surface area contributed by atoms with E-state index in [9.17, 15) is 51.5 Å². The van der Waals surface area contributed by atoms with Crippen molar-refractivity contribution in [1.29, 1.82) is 0 Å². The second-order valence-corrected chi connectivity index (χ2v) is 9.94. The third-order valence-corrected chi connectivity index (χ3v) is 6.13. The molecule has 2 heterocycles. The average molecular weight is 699 g/mol. The van der Waals surface area contributed by atoms with Gasteiger partial charge in [-0.05, 0) is 11.1 Å². The number of nitrogens with zero attached hydrogens (tertiary/aromatic N) is 2. The van der Waals surface area contributed by atoms with Gasteiger partial charge in [0.05, 0.1) is 0 Å². The third kappa shape index (κ3) is 13.3. The summed E-state index contributed by atoms with van der Waals surface area (Å²) in [5.74, 6) is -9.18. The molecule has 0 saturated carbocycles. The number of halogens is 3. The number of cyclic esters (lactones) is 4. The Labute approximate surface area is 273 Å². The fourth-order valence-corrected chi connectivity index (χ4v) is 3.83. The lowest BCUT2D eigenvalue weighted by Gasteiger charge is -2.18. The first-order valence-corrected chi connectivity index (χ1v) is 14.1. The van der Waals surface area contributed by atoms with Crippen LogP contribution in [-0.4, -0.2) is 109 Å². The summed E-state index contributed by atoms with van der Waals surface area (Å²) in [6.07, 6.45) is -2.75. The maximum Gasteiger partial charge on any atom is 0.449 e. The summed E-state index contributed by atoms with van der Waals surface area (Å²) in [5, 5.41) is 8.51. The number of imidazole rings is 1. The molecule has 18 nitrogen and oxygen atoms in total. The molecule has 1 aliphatic heterocycles. The van der Waals surface area contributed by atoms with Crippen LogP contribution in [0.2, 0.25) is 0 Å². The standard InChI is InChI=1S/C28H29F3N6O12/c29-28(30,31)27-32-5-6-37(27)11-17-3-1-16(2-4-17)7-18-26(45)49-14-21(40)35-9-24(43)47-12-19(38)33-8-23(42)46-13-20(39)34-10-25(44)48-15-22(41)36-18/h1-6,18H,7-15H2,(H,33,38)(H,34,39)(H,35,40)(H,36,41). The number of amides is 4. The van der Waals surface area contributed by atoms with Crippen LogP contribution in [0, 0.1) is 0 Å². The smallest absolute Gasteiger partial charge is 0.449 e. The normalized spacial score (nSPS) is 18.7. The van der Waals surface area contributed by atoms with E-state index in [1.807, 2.05) is 0 Å². The van der Waals surface area contributed by atoms with Crippen LogP contribution in [0.25, 0.3) is 0 Å². The Morgan fingerprint density at radius 2 is 1.12 bits per heavy atom. The number of rotatable bonds is 4. The molecular weight excluding hydrogens is 669 g/mol. The van der Waals surface area contributed by atoms with Crippen molar-refractivity contribution in [2.45, 2.75) is 25.2 Å². The van der Waals surface area contributed by atoms with Gasteiger partial charge in [-0.3, -0.25) is 33.6 Å². The fraction of sp³-hybridized carbons (Fsp3) is 0.393. The highest BCUT2D eigenvalue weighted by atomic mass is 19.4. The van der Waals surface area contributed by atoms with Crippen molar-refractivity contribution < 1.29 is 70.5 Å². The van der Waals surface area contributed by atoms with E-state index in [1.54, 1.807) is 0 Å². The van der Waals surface area contributed by atoms with Crippen molar-refractivity contribution in [2.24, 2.45) is 0 Å². The number of esters is 4. The van der Waals surface area contributed by atoms with Crippen LogP contribution in [-0.2, 0) is 76.4 Å². The molecule has 4 N–H and O–H groups in total. The van der Waals surface area contributed by atoms with Crippen molar-refractivity contribution in [3.63, 3.8) is 0 Å². The van der Waals surface area contributed by atoms with E-state index in [-0.39, 0.29) is 13.0 Å². The van der Waals surface area contributed by atoms with E-state index >= 15 is 0 Å². The predicted molar refractivity (Wildman–Crippen MR) is 151 cm³/mol. The van der Waals surface area contributed by atoms with Crippen molar-refractivity contribution in [3.8, 4) is 0 Å². The highest BCUT2D eigenvalue weighted by molar-refractivity contribution is 5.90. The zero-order valence-electron chi connectivity index (χ0n) is 25.3. The maximum absolute atomic E-state index is 13.2. The number of carbonyl (C=O) groups is 8. The third-order valence-electron chi connectivity index (χ3n) is 6.13. The second-order valence-electron chi connectivity index (χ2n) is 9.94. The molecule has 1 unspecified atom stereocenters. The number of ether oxygens (including phenoxy) is 4. The Morgan fingerprint density at radius 3 is 1.61 bits per heavy atom. The zero-order chi connectivity index (χ0) is 36.0. The minimum absolute atomic E-state index is 0.176. The molecule has 4 amide bonds. The zero-order valence-corrected chi connectivity index (χ0v) is 25.3. The summed E-state index contributed by atoms with van der Waals surface area (Å²) in [4.78, 5) is 100.0. The van der Waals surface area contributed by atoms with Gasteiger partial charge in [-0.1, -0.05) is 24.3 Å². The number of hydrogen-bond acceptors (Lipinski definition) is 13. The number of carbonyl (C=O) groups excluding carboxylic acids is 8. The molecule has 0 spiro atoms. The van der Waals surface area contributed by atoms with Crippen LogP contribution in [0.15, 0.2) is 36.7 Å². The Kier molecular flexibility index (Phi) is 13.6. The Bertz CT molecular complexity index is 1560. The van der Waals surface area contributed by atoms with E-state index in [0.29, 0.717) is 11.1 Å². The molecule has 0 radical (unpaired) electrons. The summed E-state index contributed by atoms with van der Waals surface area (Å²) < 4.78 is 59.4. The van der Waals surface area contributed by atoms with Crippen molar-refractivity contribution in [2.75, 3.05) is 46.1 Å². The SMILES string of the molecule is O=C1COC(=O)CNC(=O)COC(=O)C(Cc2ccc(Cn3ccnc3C(F)(F)F)cc2)NC(=O)COC(=O)CNC(=O)COC(=O)CN1. The summed E-state index contributed by atoms with van der Waals surface area (Å²) >= 11 is 0. The van der Waals surface area contributed by atoms with Gasteiger partial charge in [-0.15, -0.1) is 0 Å². The quantitative estimate of drug-likeness (QED) is 0.191. The highest BCUT2D eigenvalue weighted by Crippen LogP contribution is 2.28. The van der Waals surface area contributed by atoms with E-state index in [2.05, 4.69) is 35.7 Å². The molecule has 1 saturated heterocycles. The van der Waals surface area contributed by atoms with Crippen LogP contribution in [0.3, 0.4) is 0 Å². The van der Waals surface area contributed by atoms with E-state index < -0.39 is 112 Å². The van der Waals surface area contributed by atoms with Gasteiger partial charge in [0, 0.05) is 25.4 Å². The molecule has 0 bridgehead atoms. The number of nitrogens with one attached hydrogen (secondary N) is 4. The molecular formula is C28H29F3N6O12. The average Bonchev–Trinajstić information content (AvgIpc) is 3.54. The van der Waals surface area contributed by atoms with Crippen molar-refractivity contribution in [1.82, 2.24) is 30.8 Å². The van der Waals surface area contributed by atoms with Gasteiger partial charge >= 0.3 is 30.1 Å². The van der Waals surface area contributed by atoms with Gasteiger partial charge in [0.25, 0.3) is 23.6 Å². The van der Waals surface area contributed by atoms with Crippen molar-refractivity contribution in [3.05, 3.63) is 53.6 Å². The predicted octanol–water partition coefficient (Wildman–Crippen LogP) is -2.49. The summed E-state index contributed by atoms with van der Waals surface area (Å²) in [6, 6.07) is 4.44. The molecule has 1 aromatic carbocycles. The minimum atomic E-state index is -4.67. The topological polar surface area (TPSA) is 239 Å². The van der Waals surface area contributed by atoms with Crippen molar-refractivity contribution >= 4 is 47.5 Å². The highest BCUT2D eigenvalue weighted by Gasteiger charge is 2.36. The first-order valence-electron chi connectivity index (χ1n) is 14.1. The lowest BCUT2D eigenvalue weighted by Crippen LogP contribution is -2.46. The molecule has 1 aromatic heterocycles. The first-order chi connectivity index (χ1) is 23.2. The number of hydrogen-bond donors (Lipinski definition) is 4. The van der Waals surface area contributed by atoms with Crippen LogP contribution in [0.1, 0.15) is 17.0 Å². The van der Waals surface area contributed by atoms with Gasteiger partial charge in [0.2, 0.25) is 5.82 Å². The minimum Gasteiger partial charge on any atom is -0.454 e. The number of alkyl halides is 3. The van der Waals surface area contributed by atoms with Gasteiger partial charge < -0.3 is 44.8 Å². The number of benzene rings is 1. The van der Waals surface area contributed by atoms with Crippen LogP contribution < -0.4 is 21.3 Å². The molecule has 49 heavy (non-hydrogen) atoms. The molecule has 3 rings (SSSR count).